The number of thioether (sulfide) groups is 1. The van der Waals surface area contributed by atoms with Crippen LogP contribution in [0.5, 0.6) is 5.75 Å². The molecule has 7 heteroatoms. The summed E-state index contributed by atoms with van der Waals surface area (Å²) in [7, 11) is 1.56. The first kappa shape index (κ1) is 15.7. The van der Waals surface area contributed by atoms with Crippen LogP contribution < -0.4 is 10.5 Å². The molecule has 2 N–H and O–H groups in total. The minimum Gasteiger partial charge on any atom is -0.497 e. The molecule has 22 heavy (non-hydrogen) atoms. The van der Waals surface area contributed by atoms with Gasteiger partial charge in [-0.25, -0.2) is 0 Å². The number of nitriles is 1. The molecule has 0 aliphatic rings. The van der Waals surface area contributed by atoms with Crippen LogP contribution in [0.3, 0.4) is 0 Å². The highest BCUT2D eigenvalue weighted by molar-refractivity contribution is 7.98. The third-order valence-electron chi connectivity index (χ3n) is 3.22. The molecule has 0 fully saturated rings. The Morgan fingerprint density at radius 3 is 2.45 bits per heavy atom. The van der Waals surface area contributed by atoms with E-state index in [1.807, 2.05) is 6.07 Å². The quantitative estimate of drug-likeness (QED) is 0.401. The maximum atomic E-state index is 11.2. The number of methoxy groups -OCH3 is 1. The Morgan fingerprint density at radius 2 is 2.00 bits per heavy atom. The summed E-state index contributed by atoms with van der Waals surface area (Å²) in [5.74, 6) is 0.683. The lowest BCUT2D eigenvalue weighted by atomic mass is 9.98. The zero-order valence-corrected chi connectivity index (χ0v) is 12.8. The predicted octanol–water partition coefficient (Wildman–Crippen LogP) is 3.45. The molecule has 0 atom stereocenters. The van der Waals surface area contributed by atoms with Crippen LogP contribution in [0.15, 0.2) is 35.2 Å². The third-order valence-corrected chi connectivity index (χ3v) is 3.97. The number of ether oxygens (including phenoxy) is 1. The highest BCUT2D eigenvalue weighted by Crippen LogP contribution is 2.41. The average Bonchev–Trinajstić information content (AvgIpc) is 2.53. The van der Waals surface area contributed by atoms with Gasteiger partial charge in [-0.1, -0.05) is 12.1 Å². The Bertz CT molecular complexity index is 767. The third kappa shape index (κ3) is 2.69. The molecular weight excluding hydrogens is 302 g/mol. The smallest absolute Gasteiger partial charge is 0.306 e. The molecule has 0 saturated carbocycles. The van der Waals surface area contributed by atoms with E-state index in [9.17, 15) is 15.4 Å². The summed E-state index contributed by atoms with van der Waals surface area (Å²) in [6.45, 7) is 0. The Hall–Kier alpha value is -2.72. The summed E-state index contributed by atoms with van der Waals surface area (Å²) < 4.78 is 5.10. The molecule has 0 heterocycles. The zero-order valence-electron chi connectivity index (χ0n) is 12.0. The fourth-order valence-electron chi connectivity index (χ4n) is 2.13. The molecule has 0 amide bonds. The largest absolute Gasteiger partial charge is 0.497 e. The monoisotopic (exact) mass is 315 g/mol. The zero-order chi connectivity index (χ0) is 16.3. The highest BCUT2D eigenvalue weighted by Gasteiger charge is 2.24. The number of nitrogens with zero attached hydrogens (tertiary/aromatic N) is 2. The average molecular weight is 315 g/mol. The maximum Gasteiger partial charge on any atom is 0.306 e. The van der Waals surface area contributed by atoms with Gasteiger partial charge in [0.15, 0.2) is 0 Å². The van der Waals surface area contributed by atoms with Crippen LogP contribution in [-0.4, -0.2) is 18.3 Å². The highest BCUT2D eigenvalue weighted by atomic mass is 32.2. The summed E-state index contributed by atoms with van der Waals surface area (Å²) >= 11 is 1.22. The van der Waals surface area contributed by atoms with E-state index < -0.39 is 4.92 Å². The van der Waals surface area contributed by atoms with Crippen molar-refractivity contribution in [1.29, 1.82) is 5.26 Å². The molecule has 0 aromatic heterocycles. The van der Waals surface area contributed by atoms with Gasteiger partial charge in [-0.3, -0.25) is 10.1 Å². The number of hydrogen-bond acceptors (Lipinski definition) is 6. The summed E-state index contributed by atoms with van der Waals surface area (Å²) in [6, 6.07) is 10.7. The van der Waals surface area contributed by atoms with Crippen molar-refractivity contribution in [2.24, 2.45) is 0 Å². The van der Waals surface area contributed by atoms with E-state index in [-0.39, 0.29) is 16.9 Å². The normalized spacial score (nSPS) is 10.0. The topological polar surface area (TPSA) is 102 Å². The molecule has 112 valence electrons. The van der Waals surface area contributed by atoms with Crippen molar-refractivity contribution in [3.63, 3.8) is 0 Å². The number of anilines is 1. The Labute approximate surface area is 131 Å². The van der Waals surface area contributed by atoms with Crippen molar-refractivity contribution in [3.05, 3.63) is 46.0 Å². The second-order valence-electron chi connectivity index (χ2n) is 4.36. The van der Waals surface area contributed by atoms with E-state index in [4.69, 9.17) is 10.5 Å². The first-order valence-corrected chi connectivity index (χ1v) is 7.45. The van der Waals surface area contributed by atoms with Crippen molar-refractivity contribution in [3.8, 4) is 22.9 Å². The van der Waals surface area contributed by atoms with E-state index in [1.165, 1.54) is 11.8 Å². The number of benzene rings is 2. The van der Waals surface area contributed by atoms with Crippen LogP contribution in [-0.2, 0) is 0 Å². The Morgan fingerprint density at radius 1 is 1.36 bits per heavy atom. The lowest BCUT2D eigenvalue weighted by molar-refractivity contribution is -0.386. The number of rotatable bonds is 4. The van der Waals surface area contributed by atoms with Gasteiger partial charge < -0.3 is 10.5 Å². The van der Waals surface area contributed by atoms with Gasteiger partial charge in [-0.05, 0) is 30.0 Å². The molecule has 0 spiro atoms. The van der Waals surface area contributed by atoms with Gasteiger partial charge in [0.2, 0.25) is 0 Å². The number of hydrogen-bond donors (Lipinski definition) is 1. The SMILES string of the molecule is COc1ccc(-c2cc(SC)c([N+](=O)[O-])c(N)c2C#N)cc1. The first-order valence-electron chi connectivity index (χ1n) is 6.22. The lowest BCUT2D eigenvalue weighted by Gasteiger charge is -2.11. The predicted molar refractivity (Wildman–Crippen MR) is 86.0 cm³/mol. The van der Waals surface area contributed by atoms with Crippen LogP contribution in [0.2, 0.25) is 0 Å². The Kier molecular flexibility index (Phi) is 4.53. The summed E-state index contributed by atoms with van der Waals surface area (Å²) in [5.41, 5.74) is 6.95. The van der Waals surface area contributed by atoms with E-state index in [0.29, 0.717) is 16.2 Å². The number of nitro benzene ring substituents is 1. The summed E-state index contributed by atoms with van der Waals surface area (Å²) in [5, 5.41) is 20.5. The fourth-order valence-corrected chi connectivity index (χ4v) is 2.74. The maximum absolute atomic E-state index is 11.2. The van der Waals surface area contributed by atoms with E-state index >= 15 is 0 Å². The first-order chi connectivity index (χ1) is 10.5. The van der Waals surface area contributed by atoms with Crippen LogP contribution in [0.1, 0.15) is 5.56 Å². The van der Waals surface area contributed by atoms with Crippen LogP contribution in [0.4, 0.5) is 11.4 Å². The van der Waals surface area contributed by atoms with Crippen LogP contribution in [0, 0.1) is 21.4 Å². The van der Waals surface area contributed by atoms with Crippen molar-refractivity contribution < 1.29 is 9.66 Å². The summed E-state index contributed by atoms with van der Waals surface area (Å²) in [6.07, 6.45) is 1.73. The van der Waals surface area contributed by atoms with Crippen molar-refractivity contribution >= 4 is 23.1 Å². The Balaban J connectivity index is 2.72. The summed E-state index contributed by atoms with van der Waals surface area (Å²) in [4.78, 5) is 11.1. The van der Waals surface area contributed by atoms with Gasteiger partial charge in [0.05, 0.1) is 22.5 Å². The van der Waals surface area contributed by atoms with Crippen molar-refractivity contribution in [2.75, 3.05) is 19.1 Å². The van der Waals surface area contributed by atoms with Crippen molar-refractivity contribution in [1.82, 2.24) is 0 Å². The molecular formula is C15H13N3O3S. The molecule has 0 aliphatic heterocycles. The van der Waals surface area contributed by atoms with E-state index in [2.05, 4.69) is 0 Å². The van der Waals surface area contributed by atoms with Crippen LogP contribution >= 0.6 is 11.8 Å². The molecule has 2 aromatic rings. The van der Waals surface area contributed by atoms with Gasteiger partial charge in [-0.15, -0.1) is 11.8 Å². The molecule has 2 aromatic carbocycles. The minimum absolute atomic E-state index is 0.106. The van der Waals surface area contributed by atoms with Crippen molar-refractivity contribution in [2.45, 2.75) is 4.90 Å². The van der Waals surface area contributed by atoms with Crippen LogP contribution in [0.25, 0.3) is 11.1 Å². The standard InChI is InChI=1S/C15H13N3O3S/c1-21-10-5-3-9(4-6-10)11-7-13(22-2)15(18(19)20)14(17)12(11)8-16/h3-7H,17H2,1-2H3. The van der Waals surface area contributed by atoms with Gasteiger partial charge in [0.1, 0.15) is 17.5 Å². The number of nitrogens with two attached hydrogens (primary N) is 1. The lowest BCUT2D eigenvalue weighted by Crippen LogP contribution is -2.02. The molecule has 0 saturated heterocycles. The fraction of sp³-hybridized carbons (Fsp3) is 0.133. The molecule has 0 bridgehead atoms. The molecule has 0 aliphatic carbocycles. The molecule has 2 rings (SSSR count). The van der Waals surface area contributed by atoms with Gasteiger partial charge >= 0.3 is 5.69 Å². The van der Waals surface area contributed by atoms with E-state index in [0.717, 1.165) is 5.56 Å². The van der Waals surface area contributed by atoms with Gasteiger partial charge in [0, 0.05) is 5.56 Å². The second-order valence-corrected chi connectivity index (χ2v) is 5.21. The molecule has 0 radical (unpaired) electrons. The minimum atomic E-state index is -0.556. The number of nitrogen functional groups attached to an aromatic ring is 1. The van der Waals surface area contributed by atoms with Gasteiger partial charge in [-0.2, -0.15) is 5.26 Å². The van der Waals surface area contributed by atoms with E-state index in [1.54, 1.807) is 43.7 Å². The molecule has 6 nitrogen and oxygen atoms in total. The van der Waals surface area contributed by atoms with Gasteiger partial charge in [0.25, 0.3) is 0 Å². The second kappa shape index (κ2) is 6.37. The number of nitro groups is 1. The molecule has 0 unspecified atom stereocenters.